The van der Waals surface area contributed by atoms with Crippen molar-refractivity contribution in [2.75, 3.05) is 0 Å². The molecule has 0 aliphatic heterocycles. The molecule has 1 unspecified atom stereocenters. The highest BCUT2D eigenvalue weighted by molar-refractivity contribution is 7.17. The third-order valence-electron chi connectivity index (χ3n) is 3.34. The van der Waals surface area contributed by atoms with Crippen molar-refractivity contribution >= 4 is 21.4 Å². The minimum Gasteiger partial charge on any atom is -0.333 e. The van der Waals surface area contributed by atoms with Crippen LogP contribution in [0.3, 0.4) is 0 Å². The maximum atomic E-state index is 6.43. The average Bonchev–Trinajstić information content (AvgIpc) is 3.04. The smallest absolute Gasteiger partial charge is 0.130 e. The van der Waals surface area contributed by atoms with Crippen LogP contribution in [0.25, 0.3) is 10.1 Å². The Bertz CT molecular complexity index is 683. The summed E-state index contributed by atoms with van der Waals surface area (Å²) >= 11 is 1.74. The summed E-state index contributed by atoms with van der Waals surface area (Å²) in [6, 6.07) is 8.23. The van der Waals surface area contributed by atoms with E-state index >= 15 is 0 Å². The highest BCUT2D eigenvalue weighted by atomic mass is 32.1. The predicted molar refractivity (Wildman–Crippen MR) is 80.4 cm³/mol. The maximum Gasteiger partial charge on any atom is 0.130 e. The number of benzene rings is 1. The molecule has 0 aliphatic rings. The normalized spacial score (nSPS) is 12.9. The average molecular weight is 271 g/mol. The molecule has 2 aromatic heterocycles. The first kappa shape index (κ1) is 12.4. The number of nitrogens with zero attached hydrogens (tertiary/aromatic N) is 2. The van der Waals surface area contributed by atoms with Crippen LogP contribution >= 0.6 is 11.3 Å². The molecule has 0 radical (unpaired) electrons. The summed E-state index contributed by atoms with van der Waals surface area (Å²) in [5.74, 6) is 0.949. The van der Waals surface area contributed by atoms with Crippen molar-refractivity contribution in [2.24, 2.45) is 5.73 Å². The zero-order valence-electron chi connectivity index (χ0n) is 10.9. The second-order valence-electron chi connectivity index (χ2n) is 4.64. The van der Waals surface area contributed by atoms with Crippen LogP contribution in [0, 0.1) is 0 Å². The molecule has 3 rings (SSSR count). The molecule has 2 heterocycles. The fraction of sp³-hybridized carbons (Fsp3) is 0.267. The third kappa shape index (κ3) is 2.17. The summed E-state index contributed by atoms with van der Waals surface area (Å²) in [5, 5.41) is 3.39. The fourth-order valence-electron chi connectivity index (χ4n) is 2.41. The standard InChI is InChI=1S/C15H17N3S/c1-2-8-18-9-7-17-15(18)14(16)12-10-19-13-6-4-3-5-11(12)13/h3-7,9-10,14H,2,8,16H2,1H3. The van der Waals surface area contributed by atoms with E-state index in [9.17, 15) is 0 Å². The number of hydrogen-bond acceptors (Lipinski definition) is 3. The maximum absolute atomic E-state index is 6.43. The van der Waals surface area contributed by atoms with Crippen molar-refractivity contribution in [3.05, 3.63) is 53.4 Å². The van der Waals surface area contributed by atoms with Crippen LogP contribution in [0.15, 0.2) is 42.0 Å². The molecule has 0 saturated heterocycles. The van der Waals surface area contributed by atoms with E-state index in [1.807, 2.05) is 12.4 Å². The van der Waals surface area contributed by atoms with Gasteiger partial charge in [0.05, 0.1) is 6.04 Å². The molecule has 98 valence electrons. The molecule has 0 aliphatic carbocycles. The molecular weight excluding hydrogens is 254 g/mol. The zero-order chi connectivity index (χ0) is 13.2. The number of nitrogens with two attached hydrogens (primary N) is 1. The van der Waals surface area contributed by atoms with Gasteiger partial charge in [-0.25, -0.2) is 4.98 Å². The first-order valence-corrected chi connectivity index (χ1v) is 7.42. The molecule has 0 spiro atoms. The van der Waals surface area contributed by atoms with Gasteiger partial charge in [0.1, 0.15) is 5.82 Å². The van der Waals surface area contributed by atoms with E-state index < -0.39 is 0 Å². The van der Waals surface area contributed by atoms with Crippen molar-refractivity contribution in [3.63, 3.8) is 0 Å². The minimum absolute atomic E-state index is 0.155. The second-order valence-corrected chi connectivity index (χ2v) is 5.55. The van der Waals surface area contributed by atoms with Gasteiger partial charge in [0.15, 0.2) is 0 Å². The van der Waals surface area contributed by atoms with Gasteiger partial charge in [-0.15, -0.1) is 11.3 Å². The van der Waals surface area contributed by atoms with E-state index in [0.29, 0.717) is 0 Å². The van der Waals surface area contributed by atoms with Gasteiger partial charge in [-0.3, -0.25) is 0 Å². The van der Waals surface area contributed by atoms with Gasteiger partial charge in [-0.1, -0.05) is 25.1 Å². The van der Waals surface area contributed by atoms with Gasteiger partial charge in [-0.2, -0.15) is 0 Å². The molecule has 0 amide bonds. The number of rotatable bonds is 4. The molecule has 1 aromatic carbocycles. The fourth-order valence-corrected chi connectivity index (χ4v) is 3.41. The molecule has 19 heavy (non-hydrogen) atoms. The number of aromatic nitrogens is 2. The summed E-state index contributed by atoms with van der Waals surface area (Å²) in [4.78, 5) is 4.44. The van der Waals surface area contributed by atoms with E-state index in [-0.39, 0.29) is 6.04 Å². The van der Waals surface area contributed by atoms with E-state index in [1.165, 1.54) is 15.6 Å². The SMILES string of the molecule is CCCn1ccnc1C(N)c1csc2ccccc12. The monoisotopic (exact) mass is 271 g/mol. The molecule has 2 N–H and O–H groups in total. The summed E-state index contributed by atoms with van der Waals surface area (Å²) in [6.45, 7) is 3.13. The molecule has 4 heteroatoms. The summed E-state index contributed by atoms with van der Waals surface area (Å²) in [5.41, 5.74) is 7.60. The van der Waals surface area contributed by atoms with Crippen molar-refractivity contribution in [3.8, 4) is 0 Å². The minimum atomic E-state index is -0.155. The first-order chi connectivity index (χ1) is 9.31. The van der Waals surface area contributed by atoms with Crippen LogP contribution in [0.1, 0.15) is 30.8 Å². The Balaban J connectivity index is 2.03. The molecular formula is C15H17N3S. The van der Waals surface area contributed by atoms with Crippen LogP contribution < -0.4 is 5.73 Å². The van der Waals surface area contributed by atoms with E-state index in [0.717, 1.165) is 18.8 Å². The van der Waals surface area contributed by atoms with Crippen LogP contribution in [0.2, 0.25) is 0 Å². The Morgan fingerprint density at radius 3 is 3.05 bits per heavy atom. The van der Waals surface area contributed by atoms with E-state index in [2.05, 4.69) is 46.1 Å². The lowest BCUT2D eigenvalue weighted by Crippen LogP contribution is -2.17. The first-order valence-electron chi connectivity index (χ1n) is 6.54. The summed E-state index contributed by atoms with van der Waals surface area (Å²) < 4.78 is 3.43. The van der Waals surface area contributed by atoms with Gasteiger partial charge < -0.3 is 10.3 Å². The Labute approximate surface area is 116 Å². The Hall–Kier alpha value is -1.65. The highest BCUT2D eigenvalue weighted by Gasteiger charge is 2.17. The summed E-state index contributed by atoms with van der Waals surface area (Å²) in [6.07, 6.45) is 4.92. The van der Waals surface area contributed by atoms with Crippen molar-refractivity contribution < 1.29 is 0 Å². The second kappa shape index (κ2) is 5.15. The highest BCUT2D eigenvalue weighted by Crippen LogP contribution is 2.31. The van der Waals surface area contributed by atoms with Gasteiger partial charge in [-0.05, 0) is 28.8 Å². The van der Waals surface area contributed by atoms with Crippen molar-refractivity contribution in [2.45, 2.75) is 25.9 Å². The Morgan fingerprint density at radius 1 is 1.37 bits per heavy atom. The molecule has 3 aromatic rings. The van der Waals surface area contributed by atoms with Crippen LogP contribution in [-0.2, 0) is 6.54 Å². The molecule has 0 bridgehead atoms. The van der Waals surface area contributed by atoms with E-state index in [1.54, 1.807) is 11.3 Å². The number of hydrogen-bond donors (Lipinski definition) is 1. The van der Waals surface area contributed by atoms with Gasteiger partial charge in [0.25, 0.3) is 0 Å². The van der Waals surface area contributed by atoms with E-state index in [4.69, 9.17) is 5.73 Å². The van der Waals surface area contributed by atoms with Crippen molar-refractivity contribution in [1.29, 1.82) is 0 Å². The third-order valence-corrected chi connectivity index (χ3v) is 4.32. The zero-order valence-corrected chi connectivity index (χ0v) is 11.7. The van der Waals surface area contributed by atoms with Crippen LogP contribution in [0.5, 0.6) is 0 Å². The summed E-state index contributed by atoms with van der Waals surface area (Å²) in [7, 11) is 0. The number of fused-ring (bicyclic) bond motifs is 1. The Kier molecular flexibility index (Phi) is 3.36. The Morgan fingerprint density at radius 2 is 2.21 bits per heavy atom. The number of aryl methyl sites for hydroxylation is 1. The predicted octanol–water partition coefficient (Wildman–Crippen LogP) is 3.56. The number of thiophene rings is 1. The van der Waals surface area contributed by atoms with Gasteiger partial charge in [0.2, 0.25) is 0 Å². The molecule has 0 fully saturated rings. The number of imidazole rings is 1. The topological polar surface area (TPSA) is 43.8 Å². The quantitative estimate of drug-likeness (QED) is 0.788. The van der Waals surface area contributed by atoms with Crippen molar-refractivity contribution in [1.82, 2.24) is 9.55 Å². The molecule has 3 nitrogen and oxygen atoms in total. The van der Waals surface area contributed by atoms with Gasteiger partial charge in [0, 0.05) is 23.6 Å². The largest absolute Gasteiger partial charge is 0.333 e. The lowest BCUT2D eigenvalue weighted by molar-refractivity contribution is 0.614. The lowest BCUT2D eigenvalue weighted by atomic mass is 10.1. The molecule has 1 atom stereocenters. The van der Waals surface area contributed by atoms with Crippen LogP contribution in [-0.4, -0.2) is 9.55 Å². The molecule has 0 saturated carbocycles. The lowest BCUT2D eigenvalue weighted by Gasteiger charge is -2.13. The van der Waals surface area contributed by atoms with Crippen LogP contribution in [0.4, 0.5) is 0 Å². The van der Waals surface area contributed by atoms with Gasteiger partial charge >= 0.3 is 0 Å².